The van der Waals surface area contributed by atoms with E-state index >= 15 is 0 Å². The fourth-order valence-electron chi connectivity index (χ4n) is 2.26. The number of nitrogens with zero attached hydrogens (tertiary/aromatic N) is 2. The Balaban J connectivity index is 2.13. The third-order valence-corrected chi connectivity index (χ3v) is 4.54. The minimum Gasteiger partial charge on any atom is -0.283 e. The molecular weight excluding hydrogens is 251 g/mol. The molecule has 3 nitrogen and oxygen atoms in total. The first-order valence-corrected chi connectivity index (χ1v) is 6.88. The van der Waals surface area contributed by atoms with Gasteiger partial charge in [-0.25, -0.2) is 4.39 Å². The number of allylic oxidation sites excluding steroid dienone is 2. The maximum atomic E-state index is 13.3. The molecule has 5 heteroatoms. The van der Waals surface area contributed by atoms with Crippen molar-refractivity contribution in [2.75, 3.05) is 0 Å². The molecule has 94 valence electrons. The third-order valence-electron chi connectivity index (χ3n) is 3.24. The van der Waals surface area contributed by atoms with Gasteiger partial charge in [-0.2, -0.15) is 0 Å². The van der Waals surface area contributed by atoms with E-state index in [0.29, 0.717) is 30.8 Å². The summed E-state index contributed by atoms with van der Waals surface area (Å²) in [6.45, 7) is 2.60. The Hall–Kier alpha value is -1.49. The van der Waals surface area contributed by atoms with Gasteiger partial charge in [0.25, 0.3) is 5.71 Å². The number of halogens is 1. The third kappa shape index (κ3) is 1.79. The molecule has 0 fully saturated rings. The van der Waals surface area contributed by atoms with Crippen molar-refractivity contribution in [3.8, 4) is 0 Å². The summed E-state index contributed by atoms with van der Waals surface area (Å²) in [5, 5.41) is 11.1. The van der Waals surface area contributed by atoms with Crippen LogP contribution in [0.3, 0.4) is 0 Å². The second-order valence-corrected chi connectivity index (χ2v) is 5.56. The van der Waals surface area contributed by atoms with Crippen LogP contribution in [0.15, 0.2) is 23.0 Å². The van der Waals surface area contributed by atoms with Crippen molar-refractivity contribution in [1.29, 1.82) is 0 Å². The highest BCUT2D eigenvalue weighted by Gasteiger charge is 2.32. The molecule has 18 heavy (non-hydrogen) atoms. The van der Waals surface area contributed by atoms with Crippen LogP contribution in [-0.4, -0.2) is 21.4 Å². The molecule has 3 rings (SSSR count). The fourth-order valence-corrected chi connectivity index (χ4v) is 3.30. The SMILES string of the molecule is CCc1cc2c(s1)[N+](O)=C1CCC(F)=CC1=NC2. The van der Waals surface area contributed by atoms with E-state index in [2.05, 4.69) is 18.0 Å². The van der Waals surface area contributed by atoms with Gasteiger partial charge in [0.15, 0.2) is 0 Å². The first-order chi connectivity index (χ1) is 8.69. The second-order valence-electron chi connectivity index (χ2n) is 4.45. The van der Waals surface area contributed by atoms with Crippen molar-refractivity contribution in [1.82, 2.24) is 0 Å². The molecule has 1 aliphatic carbocycles. The fraction of sp³-hybridized carbons (Fsp3) is 0.385. The minimum absolute atomic E-state index is 0.162. The lowest BCUT2D eigenvalue weighted by molar-refractivity contribution is -0.710. The number of fused-ring (bicyclic) bond motifs is 2. The Labute approximate surface area is 109 Å². The van der Waals surface area contributed by atoms with Crippen molar-refractivity contribution in [3.05, 3.63) is 28.4 Å². The average Bonchev–Trinajstić information content (AvgIpc) is 2.74. The van der Waals surface area contributed by atoms with Crippen LogP contribution in [0.5, 0.6) is 0 Å². The first kappa shape index (κ1) is 11.6. The van der Waals surface area contributed by atoms with Crippen LogP contribution in [0.25, 0.3) is 0 Å². The van der Waals surface area contributed by atoms with Gasteiger partial charge in [0.1, 0.15) is 11.5 Å². The topological polar surface area (TPSA) is 35.6 Å². The Morgan fingerprint density at radius 3 is 3.11 bits per heavy atom. The number of aryl methyl sites for hydroxylation is 1. The van der Waals surface area contributed by atoms with Gasteiger partial charge in [0.2, 0.25) is 0 Å². The molecular formula is C13H14FN2OS+. The lowest BCUT2D eigenvalue weighted by atomic mass is 10.0. The van der Waals surface area contributed by atoms with E-state index in [1.807, 2.05) is 0 Å². The van der Waals surface area contributed by atoms with Crippen LogP contribution < -0.4 is 0 Å². The van der Waals surface area contributed by atoms with Crippen LogP contribution in [0.4, 0.5) is 9.39 Å². The highest BCUT2D eigenvalue weighted by atomic mass is 32.1. The lowest BCUT2D eigenvalue weighted by Crippen LogP contribution is -2.24. The Morgan fingerprint density at radius 2 is 2.33 bits per heavy atom. The van der Waals surface area contributed by atoms with E-state index in [0.717, 1.165) is 17.0 Å². The molecule has 1 aromatic rings. The van der Waals surface area contributed by atoms with E-state index in [1.165, 1.54) is 15.7 Å². The minimum atomic E-state index is -0.162. The highest BCUT2D eigenvalue weighted by molar-refractivity contribution is 7.15. The number of rotatable bonds is 1. The van der Waals surface area contributed by atoms with E-state index in [-0.39, 0.29) is 5.83 Å². The van der Waals surface area contributed by atoms with Gasteiger partial charge in [0.05, 0.1) is 12.1 Å². The summed E-state index contributed by atoms with van der Waals surface area (Å²) in [7, 11) is 0. The highest BCUT2D eigenvalue weighted by Crippen LogP contribution is 2.33. The van der Waals surface area contributed by atoms with E-state index in [9.17, 15) is 9.60 Å². The maximum absolute atomic E-state index is 13.3. The molecule has 0 aromatic carbocycles. The van der Waals surface area contributed by atoms with E-state index < -0.39 is 0 Å². The Kier molecular flexibility index (Phi) is 2.78. The van der Waals surface area contributed by atoms with Crippen molar-refractivity contribution in [2.45, 2.75) is 32.7 Å². The van der Waals surface area contributed by atoms with Gasteiger partial charge in [-0.1, -0.05) is 18.3 Å². The van der Waals surface area contributed by atoms with Crippen molar-refractivity contribution in [3.63, 3.8) is 0 Å². The number of hydrogen-bond donors (Lipinski definition) is 1. The number of hydrogen-bond acceptors (Lipinski definition) is 3. The average molecular weight is 265 g/mol. The molecule has 1 aromatic heterocycles. The lowest BCUT2D eigenvalue weighted by Gasteiger charge is -2.06. The van der Waals surface area contributed by atoms with Crippen LogP contribution in [0, 0.1) is 0 Å². The van der Waals surface area contributed by atoms with Gasteiger partial charge in [0, 0.05) is 28.5 Å². The standard InChI is InChI=1S/C13H14FN2OS/c1-2-10-5-8-7-15-11-6-9(14)3-4-12(11)16(17)13(8)18-10/h5-6,17H,2-4,7H2,1H3/q+1. The molecule has 0 saturated carbocycles. The van der Waals surface area contributed by atoms with E-state index in [4.69, 9.17) is 0 Å². The van der Waals surface area contributed by atoms with Gasteiger partial charge in [-0.15, -0.1) is 0 Å². The summed E-state index contributed by atoms with van der Waals surface area (Å²) in [5.41, 5.74) is 2.30. The Morgan fingerprint density at radius 1 is 1.50 bits per heavy atom. The molecule has 2 heterocycles. The second kappa shape index (κ2) is 4.31. The molecule has 0 atom stereocenters. The molecule has 0 saturated heterocycles. The number of aliphatic imine (C=N–C) groups is 1. The van der Waals surface area contributed by atoms with Gasteiger partial charge >= 0.3 is 5.00 Å². The monoisotopic (exact) mass is 265 g/mol. The summed E-state index contributed by atoms with van der Waals surface area (Å²) in [6.07, 6.45) is 3.22. The molecule has 0 spiro atoms. The summed E-state index contributed by atoms with van der Waals surface area (Å²) in [4.78, 5) is 5.64. The van der Waals surface area contributed by atoms with Crippen molar-refractivity contribution >= 4 is 27.8 Å². The largest absolute Gasteiger partial charge is 0.317 e. The molecule has 1 aliphatic heterocycles. The van der Waals surface area contributed by atoms with Crippen LogP contribution in [-0.2, 0) is 13.0 Å². The maximum Gasteiger partial charge on any atom is 0.317 e. The molecule has 0 radical (unpaired) electrons. The van der Waals surface area contributed by atoms with Gasteiger partial charge in [-0.3, -0.25) is 10.2 Å². The predicted molar refractivity (Wildman–Crippen MR) is 70.0 cm³/mol. The van der Waals surface area contributed by atoms with Gasteiger partial charge < -0.3 is 0 Å². The summed E-state index contributed by atoms with van der Waals surface area (Å²) in [6, 6.07) is 2.07. The zero-order valence-electron chi connectivity index (χ0n) is 10.1. The zero-order chi connectivity index (χ0) is 12.7. The molecule has 2 aliphatic rings. The smallest absolute Gasteiger partial charge is 0.283 e. The van der Waals surface area contributed by atoms with Crippen LogP contribution in [0.2, 0.25) is 0 Å². The summed E-state index contributed by atoms with van der Waals surface area (Å²) in [5.74, 6) is -0.162. The van der Waals surface area contributed by atoms with E-state index in [1.54, 1.807) is 11.3 Å². The van der Waals surface area contributed by atoms with Gasteiger partial charge in [-0.05, 0) is 12.5 Å². The Bertz CT molecular complexity index is 598. The van der Waals surface area contributed by atoms with Crippen molar-refractivity contribution < 1.29 is 14.3 Å². The predicted octanol–water partition coefficient (Wildman–Crippen LogP) is 3.39. The summed E-state index contributed by atoms with van der Waals surface area (Å²) >= 11 is 1.58. The summed E-state index contributed by atoms with van der Waals surface area (Å²) < 4.78 is 14.5. The molecule has 0 bridgehead atoms. The normalized spacial score (nSPS) is 18.8. The zero-order valence-corrected chi connectivity index (χ0v) is 10.9. The van der Waals surface area contributed by atoms with Crippen molar-refractivity contribution in [2.24, 2.45) is 4.99 Å². The van der Waals surface area contributed by atoms with Crippen LogP contribution in [0.1, 0.15) is 30.2 Å². The molecule has 0 unspecified atom stereocenters. The molecule has 1 N–H and O–H groups in total. The first-order valence-electron chi connectivity index (χ1n) is 6.06. The van der Waals surface area contributed by atoms with Crippen LogP contribution >= 0.6 is 11.3 Å². The molecule has 0 amide bonds. The number of thiophene rings is 1. The quantitative estimate of drug-likeness (QED) is 0.613.